The molecule has 76 valence electrons. The van der Waals surface area contributed by atoms with E-state index in [2.05, 4.69) is 0 Å². The van der Waals surface area contributed by atoms with Gasteiger partial charge in [-0.15, -0.1) is 0 Å². The van der Waals surface area contributed by atoms with E-state index in [0.29, 0.717) is 12.2 Å². The number of nitrogens with zero attached hydrogens (tertiary/aromatic N) is 1. The van der Waals surface area contributed by atoms with Crippen molar-refractivity contribution in [3.8, 4) is 0 Å². The van der Waals surface area contributed by atoms with Crippen LogP contribution < -0.4 is 0 Å². The topological polar surface area (TPSA) is 20.3 Å². The lowest BCUT2D eigenvalue weighted by atomic mass is 10.2. The zero-order valence-corrected chi connectivity index (χ0v) is 7.91. The predicted molar refractivity (Wildman–Crippen MR) is 44.6 cm³/mol. The summed E-state index contributed by atoms with van der Waals surface area (Å²) in [4.78, 5) is 11.5. The van der Waals surface area contributed by atoms with Crippen LogP contribution >= 0.6 is 11.8 Å². The molecule has 0 N–H and O–H groups in total. The Labute approximate surface area is 78.5 Å². The fraction of sp³-hybridized carbons (Fsp3) is 0.857. The van der Waals surface area contributed by atoms with Gasteiger partial charge in [0.25, 0.3) is 0 Å². The summed E-state index contributed by atoms with van der Waals surface area (Å²) in [5, 5.41) is 0. The predicted octanol–water partition coefficient (Wildman–Crippen LogP) is 1.51. The van der Waals surface area contributed by atoms with Gasteiger partial charge in [-0.2, -0.15) is 24.9 Å². The highest BCUT2D eigenvalue weighted by Gasteiger charge is 2.43. The van der Waals surface area contributed by atoms with Crippen LogP contribution in [0.4, 0.5) is 13.2 Å². The summed E-state index contributed by atoms with van der Waals surface area (Å²) in [6.07, 6.45) is -4.08. The first-order valence-electron chi connectivity index (χ1n) is 3.84. The van der Waals surface area contributed by atoms with Gasteiger partial charge in [-0.1, -0.05) is 0 Å². The van der Waals surface area contributed by atoms with E-state index >= 15 is 0 Å². The lowest BCUT2D eigenvalue weighted by molar-refractivity contribution is -0.185. The zero-order chi connectivity index (χ0) is 10.1. The fourth-order valence-electron chi connectivity index (χ4n) is 1.19. The molecule has 2 nitrogen and oxygen atoms in total. The van der Waals surface area contributed by atoms with Crippen molar-refractivity contribution in [2.24, 2.45) is 0 Å². The molecule has 6 heteroatoms. The number of hydrogen-bond donors (Lipinski definition) is 0. The normalized spacial score (nSPS) is 23.2. The highest BCUT2D eigenvalue weighted by Crippen LogP contribution is 2.25. The van der Waals surface area contributed by atoms with Gasteiger partial charge in [-0.3, -0.25) is 4.79 Å². The number of carbonyl (C=O) groups excluding carboxylic acids is 1. The third-order valence-corrected chi connectivity index (χ3v) is 3.16. The van der Waals surface area contributed by atoms with Crippen LogP contribution in [0, 0.1) is 0 Å². The second-order valence-corrected chi connectivity index (χ2v) is 4.08. The molecule has 1 unspecified atom stereocenters. The Morgan fingerprint density at radius 3 is 2.54 bits per heavy atom. The summed E-state index contributed by atoms with van der Waals surface area (Å²) in [7, 11) is 1.21. The van der Waals surface area contributed by atoms with E-state index in [9.17, 15) is 18.0 Å². The van der Waals surface area contributed by atoms with Crippen molar-refractivity contribution < 1.29 is 18.0 Å². The second kappa shape index (κ2) is 3.77. The third kappa shape index (κ3) is 2.52. The Morgan fingerprint density at radius 2 is 2.15 bits per heavy atom. The monoisotopic (exact) mass is 213 g/mol. The first-order chi connectivity index (χ1) is 5.93. The van der Waals surface area contributed by atoms with Crippen LogP contribution in [0.5, 0.6) is 0 Å². The molecular formula is C7H10F3NOS. The SMILES string of the molecule is CN(C(=O)C(F)(F)F)C1CCSC1. The number of carbonyl (C=O) groups is 1. The van der Waals surface area contributed by atoms with E-state index in [0.717, 1.165) is 10.7 Å². The maximum absolute atomic E-state index is 12.0. The number of alkyl halides is 3. The number of amides is 1. The van der Waals surface area contributed by atoms with Gasteiger partial charge in [0.2, 0.25) is 0 Å². The standard InChI is InChI=1S/C7H10F3NOS/c1-11(5-2-3-13-4-5)6(12)7(8,9)10/h5H,2-4H2,1H3. The molecule has 1 aliphatic heterocycles. The molecule has 0 aliphatic carbocycles. The largest absolute Gasteiger partial charge is 0.471 e. The third-order valence-electron chi connectivity index (χ3n) is 2.02. The fourth-order valence-corrected chi connectivity index (χ4v) is 2.46. The molecule has 1 aliphatic rings. The average Bonchev–Trinajstić information content (AvgIpc) is 2.51. The van der Waals surface area contributed by atoms with Gasteiger partial charge in [0.1, 0.15) is 0 Å². The van der Waals surface area contributed by atoms with Crippen molar-refractivity contribution in [1.29, 1.82) is 0 Å². The molecule has 0 aromatic carbocycles. The number of halogens is 3. The van der Waals surface area contributed by atoms with Crippen LogP contribution in [-0.2, 0) is 4.79 Å². The number of hydrogen-bond acceptors (Lipinski definition) is 2. The van der Waals surface area contributed by atoms with Gasteiger partial charge >= 0.3 is 12.1 Å². The second-order valence-electron chi connectivity index (χ2n) is 2.93. The van der Waals surface area contributed by atoms with Crippen molar-refractivity contribution in [3.05, 3.63) is 0 Å². The molecule has 0 spiro atoms. The molecule has 0 saturated carbocycles. The minimum atomic E-state index is -4.73. The van der Waals surface area contributed by atoms with E-state index in [1.54, 1.807) is 11.8 Å². The van der Waals surface area contributed by atoms with Crippen molar-refractivity contribution in [2.45, 2.75) is 18.6 Å². The molecule has 13 heavy (non-hydrogen) atoms. The van der Waals surface area contributed by atoms with Crippen LogP contribution in [0.2, 0.25) is 0 Å². The molecule has 0 aromatic heterocycles. The zero-order valence-electron chi connectivity index (χ0n) is 7.10. The van der Waals surface area contributed by atoms with Crippen molar-refractivity contribution in [3.63, 3.8) is 0 Å². The van der Waals surface area contributed by atoms with Crippen molar-refractivity contribution in [2.75, 3.05) is 18.6 Å². The Bertz CT molecular complexity index is 200. The summed E-state index contributed by atoms with van der Waals surface area (Å²) in [5.74, 6) is -0.293. The summed E-state index contributed by atoms with van der Waals surface area (Å²) < 4.78 is 35.9. The van der Waals surface area contributed by atoms with Crippen LogP contribution in [-0.4, -0.2) is 41.6 Å². The van der Waals surface area contributed by atoms with E-state index in [1.165, 1.54) is 7.05 Å². The number of thioether (sulfide) groups is 1. The summed E-state index contributed by atoms with van der Waals surface area (Å²) in [6, 6.07) is -0.251. The quantitative estimate of drug-likeness (QED) is 0.658. The maximum atomic E-state index is 12.0. The van der Waals surface area contributed by atoms with Gasteiger partial charge < -0.3 is 4.90 Å². The minimum absolute atomic E-state index is 0.251. The lowest BCUT2D eigenvalue weighted by Gasteiger charge is -2.24. The van der Waals surface area contributed by atoms with Crippen LogP contribution in [0.25, 0.3) is 0 Å². The smallest absolute Gasteiger partial charge is 0.334 e. The molecule has 1 atom stereocenters. The molecule has 1 amide bonds. The molecule has 0 bridgehead atoms. The Morgan fingerprint density at radius 1 is 1.54 bits per heavy atom. The average molecular weight is 213 g/mol. The van der Waals surface area contributed by atoms with Gasteiger partial charge in [0.05, 0.1) is 0 Å². The summed E-state index contributed by atoms with van der Waals surface area (Å²) in [5.41, 5.74) is 0. The van der Waals surface area contributed by atoms with Crippen LogP contribution in [0.1, 0.15) is 6.42 Å². The first kappa shape index (κ1) is 10.7. The number of rotatable bonds is 1. The van der Waals surface area contributed by atoms with Crippen molar-refractivity contribution >= 4 is 17.7 Å². The highest BCUT2D eigenvalue weighted by molar-refractivity contribution is 7.99. The van der Waals surface area contributed by atoms with Gasteiger partial charge in [-0.25, -0.2) is 0 Å². The summed E-state index contributed by atoms with van der Waals surface area (Å²) in [6.45, 7) is 0. The highest BCUT2D eigenvalue weighted by atomic mass is 32.2. The molecule has 1 saturated heterocycles. The molecule has 0 radical (unpaired) electrons. The first-order valence-corrected chi connectivity index (χ1v) is 5.00. The molecule has 1 rings (SSSR count). The van der Waals surface area contributed by atoms with Gasteiger partial charge in [-0.05, 0) is 12.2 Å². The molecular weight excluding hydrogens is 203 g/mol. The molecule has 1 fully saturated rings. The van der Waals surface area contributed by atoms with Gasteiger partial charge in [0.15, 0.2) is 0 Å². The van der Waals surface area contributed by atoms with Gasteiger partial charge in [0, 0.05) is 18.8 Å². The van der Waals surface area contributed by atoms with E-state index in [4.69, 9.17) is 0 Å². The van der Waals surface area contributed by atoms with E-state index < -0.39 is 12.1 Å². The minimum Gasteiger partial charge on any atom is -0.334 e. The molecule has 0 aromatic rings. The van der Waals surface area contributed by atoms with Crippen LogP contribution in [0.3, 0.4) is 0 Å². The maximum Gasteiger partial charge on any atom is 0.471 e. The van der Waals surface area contributed by atoms with E-state index in [1.807, 2.05) is 0 Å². The lowest BCUT2D eigenvalue weighted by Crippen LogP contribution is -2.44. The Hall–Kier alpha value is -0.390. The Kier molecular flexibility index (Phi) is 3.10. The summed E-state index contributed by atoms with van der Waals surface area (Å²) >= 11 is 1.58. The van der Waals surface area contributed by atoms with Crippen LogP contribution in [0.15, 0.2) is 0 Å². The van der Waals surface area contributed by atoms with E-state index in [-0.39, 0.29) is 6.04 Å². The van der Waals surface area contributed by atoms with Crippen molar-refractivity contribution in [1.82, 2.24) is 4.90 Å². The Balaban J connectivity index is 2.56. The molecule has 1 heterocycles.